The third-order valence-corrected chi connectivity index (χ3v) is 6.14. The Balaban J connectivity index is 1.61. The zero-order chi connectivity index (χ0) is 23.3. The number of hydrogen-bond acceptors (Lipinski definition) is 6. The Hall–Kier alpha value is -2.93. The Morgan fingerprint density at radius 3 is 2.25 bits per heavy atom. The number of rotatable bonds is 9. The van der Waals surface area contributed by atoms with Crippen LogP contribution in [0.2, 0.25) is 0 Å². The second-order valence-corrected chi connectivity index (χ2v) is 8.10. The van der Waals surface area contributed by atoms with E-state index in [-0.39, 0.29) is 11.9 Å². The molecule has 32 heavy (non-hydrogen) atoms. The van der Waals surface area contributed by atoms with Crippen LogP contribution in [-0.2, 0) is 17.6 Å². The van der Waals surface area contributed by atoms with Crippen LogP contribution in [0.3, 0.4) is 0 Å². The summed E-state index contributed by atoms with van der Waals surface area (Å²) in [6, 6.07) is 9.95. The number of likely N-dealkylation sites (N-methyl/N-ethyl adjacent to an activating group) is 1. The van der Waals surface area contributed by atoms with Gasteiger partial charge in [-0.2, -0.15) is 0 Å². The second-order valence-electron chi connectivity index (χ2n) is 8.10. The van der Waals surface area contributed by atoms with Gasteiger partial charge in [0.1, 0.15) is 0 Å². The highest BCUT2D eigenvalue weighted by atomic mass is 16.5. The molecule has 0 N–H and O–H groups in total. The van der Waals surface area contributed by atoms with Crippen LogP contribution < -0.4 is 18.9 Å². The van der Waals surface area contributed by atoms with E-state index in [1.807, 2.05) is 42.3 Å². The minimum absolute atomic E-state index is 0.00898. The van der Waals surface area contributed by atoms with Gasteiger partial charge in [-0.25, -0.2) is 0 Å². The number of hydrogen-bond donors (Lipinski definition) is 0. The van der Waals surface area contributed by atoms with Gasteiger partial charge in [0.2, 0.25) is 5.91 Å². The smallest absolute Gasteiger partial charge is 0.237 e. The summed E-state index contributed by atoms with van der Waals surface area (Å²) >= 11 is 0. The van der Waals surface area contributed by atoms with Gasteiger partial charge < -0.3 is 23.8 Å². The fourth-order valence-electron chi connectivity index (χ4n) is 4.24. The third kappa shape index (κ3) is 5.10. The lowest BCUT2D eigenvalue weighted by Gasteiger charge is -2.36. The largest absolute Gasteiger partial charge is 0.493 e. The van der Waals surface area contributed by atoms with Gasteiger partial charge in [-0.15, -0.1) is 0 Å². The minimum atomic E-state index is -0.00898. The molecule has 0 aliphatic carbocycles. The summed E-state index contributed by atoms with van der Waals surface area (Å²) in [5.41, 5.74) is 3.47. The van der Waals surface area contributed by atoms with E-state index < -0.39 is 0 Å². The number of amides is 1. The summed E-state index contributed by atoms with van der Waals surface area (Å²) < 4.78 is 21.6. The molecule has 174 valence electrons. The van der Waals surface area contributed by atoms with E-state index in [1.165, 1.54) is 5.56 Å². The molecular weight excluding hydrogens is 408 g/mol. The highest BCUT2D eigenvalue weighted by molar-refractivity contribution is 5.79. The maximum absolute atomic E-state index is 13.1. The predicted molar refractivity (Wildman–Crippen MR) is 124 cm³/mol. The molecule has 1 atom stereocenters. The summed E-state index contributed by atoms with van der Waals surface area (Å²) in [6.45, 7) is 3.92. The van der Waals surface area contributed by atoms with Crippen LogP contribution in [0.15, 0.2) is 30.3 Å². The van der Waals surface area contributed by atoms with Gasteiger partial charge in [-0.3, -0.25) is 9.69 Å². The van der Waals surface area contributed by atoms with Crippen LogP contribution in [-0.4, -0.2) is 70.8 Å². The molecule has 0 radical (unpaired) electrons. The fraction of sp³-hybridized carbons (Fsp3) is 0.480. The molecule has 0 aromatic heterocycles. The Labute approximate surface area is 190 Å². The number of nitrogens with zero attached hydrogens (tertiary/aromatic N) is 2. The average molecular weight is 443 g/mol. The minimum Gasteiger partial charge on any atom is -0.493 e. The Morgan fingerprint density at radius 1 is 0.969 bits per heavy atom. The molecule has 1 amide bonds. The Kier molecular flexibility index (Phi) is 7.85. The first kappa shape index (κ1) is 23.7. The number of ether oxygens (including phenoxy) is 4. The Bertz CT molecular complexity index is 946. The van der Waals surface area contributed by atoms with Crippen molar-refractivity contribution in [3.63, 3.8) is 0 Å². The molecule has 1 unspecified atom stereocenters. The SMILES string of the molecule is COc1ccc(CCN(C)CC(=O)N2CCc3cc(OC)c(OC)cc3C2C)cc1OC. The topological polar surface area (TPSA) is 60.5 Å². The lowest BCUT2D eigenvalue weighted by atomic mass is 9.92. The summed E-state index contributed by atoms with van der Waals surface area (Å²) in [5.74, 6) is 2.99. The molecule has 0 fully saturated rings. The highest BCUT2D eigenvalue weighted by Crippen LogP contribution is 2.38. The van der Waals surface area contributed by atoms with Crippen molar-refractivity contribution in [1.82, 2.24) is 9.80 Å². The van der Waals surface area contributed by atoms with E-state index in [1.54, 1.807) is 28.4 Å². The molecule has 0 bridgehead atoms. The number of carbonyl (C=O) groups excluding carboxylic acids is 1. The molecule has 0 saturated carbocycles. The molecular formula is C25H34N2O5. The molecule has 7 nitrogen and oxygen atoms in total. The van der Waals surface area contributed by atoms with Crippen LogP contribution in [0.25, 0.3) is 0 Å². The van der Waals surface area contributed by atoms with Crippen molar-refractivity contribution in [2.75, 3.05) is 55.1 Å². The van der Waals surface area contributed by atoms with E-state index in [0.717, 1.165) is 42.0 Å². The lowest BCUT2D eigenvalue weighted by Crippen LogP contribution is -2.44. The zero-order valence-corrected chi connectivity index (χ0v) is 19.9. The van der Waals surface area contributed by atoms with Crippen molar-refractivity contribution in [3.05, 3.63) is 47.0 Å². The quantitative estimate of drug-likeness (QED) is 0.594. The number of carbonyl (C=O) groups is 1. The second kappa shape index (κ2) is 10.6. The van der Waals surface area contributed by atoms with Crippen molar-refractivity contribution in [2.45, 2.75) is 25.8 Å². The van der Waals surface area contributed by atoms with Crippen LogP contribution >= 0.6 is 0 Å². The van der Waals surface area contributed by atoms with E-state index in [4.69, 9.17) is 18.9 Å². The highest BCUT2D eigenvalue weighted by Gasteiger charge is 2.29. The van der Waals surface area contributed by atoms with Crippen molar-refractivity contribution in [1.29, 1.82) is 0 Å². The molecule has 1 heterocycles. The van der Waals surface area contributed by atoms with Crippen LogP contribution in [0.5, 0.6) is 23.0 Å². The molecule has 3 rings (SSSR count). The van der Waals surface area contributed by atoms with Gasteiger partial charge in [0.15, 0.2) is 23.0 Å². The molecule has 2 aromatic rings. The van der Waals surface area contributed by atoms with Crippen LogP contribution in [0.4, 0.5) is 0 Å². The van der Waals surface area contributed by atoms with E-state index in [2.05, 4.69) is 11.8 Å². The van der Waals surface area contributed by atoms with Crippen LogP contribution in [0.1, 0.15) is 29.7 Å². The third-order valence-electron chi connectivity index (χ3n) is 6.14. The molecule has 1 aliphatic heterocycles. The maximum Gasteiger partial charge on any atom is 0.237 e. The number of fused-ring (bicyclic) bond motifs is 1. The first-order valence-electron chi connectivity index (χ1n) is 10.9. The molecule has 0 spiro atoms. The van der Waals surface area contributed by atoms with Gasteiger partial charge in [-0.1, -0.05) is 6.07 Å². The molecule has 1 aliphatic rings. The van der Waals surface area contributed by atoms with Crippen molar-refractivity contribution in [2.24, 2.45) is 0 Å². The predicted octanol–water partition coefficient (Wildman–Crippen LogP) is 3.34. The molecule has 2 aromatic carbocycles. The standard InChI is InChI=1S/C25H34N2O5/c1-17-20-15-24(32-6)23(31-5)14-19(20)10-12-27(17)25(28)16-26(2)11-9-18-7-8-21(29-3)22(13-18)30-4/h7-8,13-15,17H,9-12,16H2,1-6H3. The normalized spacial score (nSPS) is 15.3. The van der Waals surface area contributed by atoms with E-state index >= 15 is 0 Å². The molecule has 0 saturated heterocycles. The lowest BCUT2D eigenvalue weighted by molar-refractivity contribution is -0.134. The van der Waals surface area contributed by atoms with Crippen molar-refractivity contribution in [3.8, 4) is 23.0 Å². The first-order chi connectivity index (χ1) is 15.4. The fourth-order valence-corrected chi connectivity index (χ4v) is 4.24. The summed E-state index contributed by atoms with van der Waals surface area (Å²) in [7, 11) is 8.52. The summed E-state index contributed by atoms with van der Waals surface area (Å²) in [5, 5.41) is 0. The molecule has 7 heteroatoms. The number of methoxy groups -OCH3 is 4. The first-order valence-corrected chi connectivity index (χ1v) is 10.9. The monoisotopic (exact) mass is 442 g/mol. The van der Waals surface area contributed by atoms with Gasteiger partial charge in [0.25, 0.3) is 0 Å². The summed E-state index contributed by atoms with van der Waals surface area (Å²) in [4.78, 5) is 17.1. The van der Waals surface area contributed by atoms with Gasteiger partial charge in [0.05, 0.1) is 41.0 Å². The zero-order valence-electron chi connectivity index (χ0n) is 19.9. The Morgan fingerprint density at radius 2 is 1.59 bits per heavy atom. The van der Waals surface area contributed by atoms with Crippen molar-refractivity contribution >= 4 is 5.91 Å². The van der Waals surface area contributed by atoms with Gasteiger partial charge in [-0.05, 0) is 67.8 Å². The maximum atomic E-state index is 13.1. The van der Waals surface area contributed by atoms with Crippen LogP contribution in [0, 0.1) is 0 Å². The average Bonchev–Trinajstić information content (AvgIpc) is 2.81. The van der Waals surface area contributed by atoms with Gasteiger partial charge in [0, 0.05) is 13.1 Å². The van der Waals surface area contributed by atoms with E-state index in [0.29, 0.717) is 24.6 Å². The van der Waals surface area contributed by atoms with Gasteiger partial charge >= 0.3 is 0 Å². The number of benzene rings is 2. The van der Waals surface area contributed by atoms with E-state index in [9.17, 15) is 4.79 Å². The summed E-state index contributed by atoms with van der Waals surface area (Å²) in [6.07, 6.45) is 1.63. The van der Waals surface area contributed by atoms with Crippen molar-refractivity contribution < 1.29 is 23.7 Å².